The first-order valence-corrected chi connectivity index (χ1v) is 4.06. The van der Waals surface area contributed by atoms with Gasteiger partial charge in [0.1, 0.15) is 6.29 Å². The van der Waals surface area contributed by atoms with Crippen molar-refractivity contribution in [3.05, 3.63) is 0 Å². The maximum atomic E-state index is 11.1. The summed E-state index contributed by atoms with van der Waals surface area (Å²) in [5, 5.41) is 0. The van der Waals surface area contributed by atoms with E-state index in [0.29, 0.717) is 19.3 Å². The van der Waals surface area contributed by atoms with Crippen LogP contribution in [0.3, 0.4) is 0 Å². The molecule has 0 N–H and O–H groups in total. The zero-order chi connectivity index (χ0) is 8.10. The van der Waals surface area contributed by atoms with Crippen molar-refractivity contribution in [1.29, 1.82) is 0 Å². The van der Waals surface area contributed by atoms with Crippen LogP contribution in [0, 0.1) is 0 Å². The first-order chi connectivity index (χ1) is 5.34. The monoisotopic (exact) mass is 155 g/mol. The van der Waals surface area contributed by atoms with E-state index in [1.165, 1.54) is 0 Å². The lowest BCUT2D eigenvalue weighted by Crippen LogP contribution is -2.41. The van der Waals surface area contributed by atoms with Crippen molar-refractivity contribution in [1.82, 2.24) is 4.90 Å². The van der Waals surface area contributed by atoms with Crippen molar-refractivity contribution in [2.45, 2.75) is 25.7 Å². The van der Waals surface area contributed by atoms with Crippen molar-refractivity contribution in [3.63, 3.8) is 0 Å². The molecule has 0 aliphatic carbocycles. The number of carbonyl (C=O) groups is 2. The van der Waals surface area contributed by atoms with Crippen LogP contribution in [0.1, 0.15) is 25.7 Å². The lowest BCUT2D eigenvalue weighted by molar-refractivity contribution is -0.134. The predicted molar refractivity (Wildman–Crippen MR) is 41.1 cm³/mol. The summed E-state index contributed by atoms with van der Waals surface area (Å²) in [5.41, 5.74) is 0. The number of nitrogens with zero attached hydrogens (tertiary/aromatic N) is 1. The van der Waals surface area contributed by atoms with Crippen LogP contribution in [0.4, 0.5) is 0 Å². The summed E-state index contributed by atoms with van der Waals surface area (Å²) in [5.74, 6) is 0.207. The van der Waals surface area contributed by atoms with Gasteiger partial charge in [0, 0.05) is 25.9 Å². The van der Waals surface area contributed by atoms with E-state index < -0.39 is 0 Å². The van der Waals surface area contributed by atoms with E-state index in [2.05, 4.69) is 0 Å². The summed E-state index contributed by atoms with van der Waals surface area (Å²) in [6.45, 7) is 1.83. The Morgan fingerprint density at radius 3 is 2.64 bits per heavy atom. The molecule has 3 nitrogen and oxygen atoms in total. The van der Waals surface area contributed by atoms with Gasteiger partial charge in [0.05, 0.1) is 0 Å². The topological polar surface area (TPSA) is 37.4 Å². The fourth-order valence-electron chi connectivity index (χ4n) is 1.06. The number of rotatable bonds is 4. The van der Waals surface area contributed by atoms with Crippen LogP contribution >= 0.6 is 0 Å². The van der Waals surface area contributed by atoms with E-state index in [9.17, 15) is 9.59 Å². The van der Waals surface area contributed by atoms with Gasteiger partial charge in [0.2, 0.25) is 5.91 Å². The van der Waals surface area contributed by atoms with Gasteiger partial charge in [0.25, 0.3) is 0 Å². The molecule has 1 saturated heterocycles. The number of unbranched alkanes of at least 4 members (excludes halogenated alkanes) is 1. The Morgan fingerprint density at radius 1 is 1.45 bits per heavy atom. The highest BCUT2D eigenvalue weighted by atomic mass is 16.2. The van der Waals surface area contributed by atoms with Gasteiger partial charge in [-0.1, -0.05) is 0 Å². The standard InChI is InChI=1S/C8H13NO2/c10-7-2-1-4-8(11)9-5-3-6-9/h7H,1-6H2. The van der Waals surface area contributed by atoms with Crippen molar-refractivity contribution in [3.8, 4) is 0 Å². The molecule has 0 unspecified atom stereocenters. The van der Waals surface area contributed by atoms with Crippen LogP contribution in [-0.2, 0) is 9.59 Å². The molecule has 1 heterocycles. The van der Waals surface area contributed by atoms with Crippen molar-refractivity contribution < 1.29 is 9.59 Å². The highest BCUT2D eigenvalue weighted by molar-refractivity contribution is 5.77. The van der Waals surface area contributed by atoms with Crippen LogP contribution in [0.15, 0.2) is 0 Å². The summed E-state index contributed by atoms with van der Waals surface area (Å²) in [6, 6.07) is 0. The minimum Gasteiger partial charge on any atom is -0.343 e. The van der Waals surface area contributed by atoms with E-state index in [1.54, 1.807) is 0 Å². The smallest absolute Gasteiger partial charge is 0.222 e. The normalized spacial score (nSPS) is 15.8. The second-order valence-corrected chi connectivity index (χ2v) is 2.79. The lowest BCUT2D eigenvalue weighted by Gasteiger charge is -2.30. The Hall–Kier alpha value is -0.860. The Labute approximate surface area is 66.4 Å². The van der Waals surface area contributed by atoms with Crippen LogP contribution in [0.2, 0.25) is 0 Å². The molecule has 0 spiro atoms. The second-order valence-electron chi connectivity index (χ2n) is 2.79. The predicted octanol–water partition coefficient (Wildman–Crippen LogP) is 0.588. The van der Waals surface area contributed by atoms with Gasteiger partial charge in [-0.05, 0) is 12.8 Å². The third-order valence-electron chi connectivity index (χ3n) is 1.92. The van der Waals surface area contributed by atoms with Gasteiger partial charge in [-0.2, -0.15) is 0 Å². The van der Waals surface area contributed by atoms with Crippen LogP contribution in [0.25, 0.3) is 0 Å². The molecule has 0 atom stereocenters. The average Bonchev–Trinajstić information content (AvgIpc) is 1.84. The average molecular weight is 155 g/mol. The van der Waals surface area contributed by atoms with Gasteiger partial charge in [-0.15, -0.1) is 0 Å². The van der Waals surface area contributed by atoms with Gasteiger partial charge < -0.3 is 9.69 Å². The van der Waals surface area contributed by atoms with Gasteiger partial charge in [-0.3, -0.25) is 4.79 Å². The molecular weight excluding hydrogens is 142 g/mol. The Morgan fingerprint density at radius 2 is 2.18 bits per heavy atom. The number of aldehydes is 1. The molecule has 0 aromatic heterocycles. The van der Waals surface area contributed by atoms with Crippen molar-refractivity contribution >= 4 is 12.2 Å². The summed E-state index contributed by atoms with van der Waals surface area (Å²) >= 11 is 0. The Balaban J connectivity index is 2.05. The molecule has 1 amide bonds. The summed E-state index contributed by atoms with van der Waals surface area (Å²) in [7, 11) is 0. The van der Waals surface area contributed by atoms with E-state index in [-0.39, 0.29) is 5.91 Å². The molecular formula is C8H13NO2. The number of carbonyl (C=O) groups excluding carboxylic acids is 2. The largest absolute Gasteiger partial charge is 0.343 e. The lowest BCUT2D eigenvalue weighted by atomic mass is 10.1. The molecule has 0 aromatic rings. The number of hydrogen-bond donors (Lipinski definition) is 0. The minimum atomic E-state index is 0.207. The minimum absolute atomic E-state index is 0.207. The van der Waals surface area contributed by atoms with Crippen LogP contribution in [-0.4, -0.2) is 30.2 Å². The molecule has 0 saturated carbocycles. The number of amides is 1. The molecule has 0 aromatic carbocycles. The maximum Gasteiger partial charge on any atom is 0.222 e. The molecule has 0 radical (unpaired) electrons. The van der Waals surface area contributed by atoms with Crippen molar-refractivity contribution in [2.24, 2.45) is 0 Å². The molecule has 1 aliphatic rings. The van der Waals surface area contributed by atoms with E-state index in [4.69, 9.17) is 0 Å². The summed E-state index contributed by atoms with van der Waals surface area (Å²) in [6.07, 6.45) is 3.76. The Kier molecular flexibility index (Phi) is 3.08. The summed E-state index contributed by atoms with van der Waals surface area (Å²) in [4.78, 5) is 22.9. The first kappa shape index (κ1) is 8.24. The van der Waals surface area contributed by atoms with Gasteiger partial charge in [-0.25, -0.2) is 0 Å². The first-order valence-electron chi connectivity index (χ1n) is 4.06. The van der Waals surface area contributed by atoms with E-state index in [0.717, 1.165) is 25.8 Å². The molecule has 0 bridgehead atoms. The van der Waals surface area contributed by atoms with Crippen LogP contribution in [0.5, 0.6) is 0 Å². The molecule has 1 rings (SSSR count). The third-order valence-corrected chi connectivity index (χ3v) is 1.92. The second kappa shape index (κ2) is 4.11. The molecule has 3 heteroatoms. The quantitative estimate of drug-likeness (QED) is 0.440. The van der Waals surface area contributed by atoms with Crippen LogP contribution < -0.4 is 0 Å². The zero-order valence-corrected chi connectivity index (χ0v) is 6.58. The molecule has 11 heavy (non-hydrogen) atoms. The number of likely N-dealkylation sites (tertiary alicyclic amines) is 1. The maximum absolute atomic E-state index is 11.1. The van der Waals surface area contributed by atoms with Gasteiger partial charge in [0.15, 0.2) is 0 Å². The SMILES string of the molecule is O=CCCCC(=O)N1CCC1. The van der Waals surface area contributed by atoms with Gasteiger partial charge >= 0.3 is 0 Å². The highest BCUT2D eigenvalue weighted by Gasteiger charge is 2.18. The van der Waals surface area contributed by atoms with E-state index in [1.807, 2.05) is 4.90 Å². The Bertz CT molecular complexity index is 152. The highest BCUT2D eigenvalue weighted by Crippen LogP contribution is 2.08. The van der Waals surface area contributed by atoms with E-state index >= 15 is 0 Å². The third kappa shape index (κ3) is 2.33. The molecule has 62 valence electrons. The number of hydrogen-bond acceptors (Lipinski definition) is 2. The molecule has 1 fully saturated rings. The molecule has 1 aliphatic heterocycles. The summed E-state index contributed by atoms with van der Waals surface area (Å²) < 4.78 is 0. The van der Waals surface area contributed by atoms with Crippen molar-refractivity contribution in [2.75, 3.05) is 13.1 Å². The fraction of sp³-hybridized carbons (Fsp3) is 0.750. The fourth-order valence-corrected chi connectivity index (χ4v) is 1.06. The zero-order valence-electron chi connectivity index (χ0n) is 6.58.